The first-order chi connectivity index (χ1) is 11.8. The summed E-state index contributed by atoms with van der Waals surface area (Å²) in [6.45, 7) is 3.63. The van der Waals surface area contributed by atoms with Gasteiger partial charge in [0.15, 0.2) is 0 Å². The van der Waals surface area contributed by atoms with Crippen molar-refractivity contribution in [2.24, 2.45) is 5.92 Å². The second-order valence-electron chi connectivity index (χ2n) is 6.01. The van der Waals surface area contributed by atoms with E-state index in [9.17, 15) is 24.3 Å². The van der Waals surface area contributed by atoms with Gasteiger partial charge in [0.2, 0.25) is 5.91 Å². The highest BCUT2D eigenvalue weighted by Crippen LogP contribution is 2.13. The maximum Gasteiger partial charge on any atom is 0.326 e. The summed E-state index contributed by atoms with van der Waals surface area (Å²) in [5, 5.41) is 14.2. The summed E-state index contributed by atoms with van der Waals surface area (Å²) in [6.07, 6.45) is 0.615. The van der Waals surface area contributed by atoms with Gasteiger partial charge in [0.25, 0.3) is 5.91 Å². The Morgan fingerprint density at radius 3 is 2.64 bits per heavy atom. The molecule has 0 bridgehead atoms. The quantitative estimate of drug-likeness (QED) is 0.636. The molecule has 4 amide bonds. The molecule has 1 heterocycles. The van der Waals surface area contributed by atoms with Gasteiger partial charge in [0.05, 0.1) is 13.1 Å². The van der Waals surface area contributed by atoms with Crippen LogP contribution in [-0.2, 0) is 16.1 Å². The molecule has 3 N–H and O–H groups in total. The minimum absolute atomic E-state index is 0.0335. The van der Waals surface area contributed by atoms with Crippen molar-refractivity contribution in [2.75, 3.05) is 6.54 Å². The molecule has 0 aliphatic carbocycles. The molecule has 1 saturated heterocycles. The summed E-state index contributed by atoms with van der Waals surface area (Å²) in [7, 11) is 0. The SMILES string of the molecule is CC[C@H](C)[C@H](NC(=O)c1cccc(CN2C(=O)CNC2=O)c1)C(=O)O. The average Bonchev–Trinajstić information content (AvgIpc) is 2.90. The second-order valence-corrected chi connectivity index (χ2v) is 6.01. The lowest BCUT2D eigenvalue weighted by Gasteiger charge is -2.20. The van der Waals surface area contributed by atoms with E-state index in [1.165, 1.54) is 0 Å². The number of carbonyl (C=O) groups excluding carboxylic acids is 3. The minimum Gasteiger partial charge on any atom is -0.480 e. The monoisotopic (exact) mass is 347 g/mol. The Morgan fingerprint density at radius 1 is 1.36 bits per heavy atom. The van der Waals surface area contributed by atoms with Crippen LogP contribution in [0.3, 0.4) is 0 Å². The fraction of sp³-hybridized carbons (Fsp3) is 0.412. The Morgan fingerprint density at radius 2 is 2.08 bits per heavy atom. The average molecular weight is 347 g/mol. The number of imide groups is 1. The first kappa shape index (κ1) is 18.4. The normalized spacial score (nSPS) is 16.3. The highest BCUT2D eigenvalue weighted by molar-refractivity contribution is 6.02. The molecular formula is C17H21N3O5. The van der Waals surface area contributed by atoms with Crippen molar-refractivity contribution >= 4 is 23.8 Å². The molecule has 8 heteroatoms. The third-order valence-electron chi connectivity index (χ3n) is 4.23. The van der Waals surface area contributed by atoms with Gasteiger partial charge in [-0.05, 0) is 23.6 Å². The van der Waals surface area contributed by atoms with Crippen LogP contribution in [0, 0.1) is 5.92 Å². The molecule has 0 saturated carbocycles. The molecule has 134 valence electrons. The number of benzene rings is 1. The standard InChI is InChI=1S/C17H21N3O5/c1-3-10(2)14(16(23)24)19-15(22)12-6-4-5-11(7-12)9-20-13(21)8-18-17(20)25/h4-7,10,14H,3,8-9H2,1-2H3,(H,18,25)(H,19,22)(H,23,24)/t10-,14-/m0/s1. The third kappa shape index (κ3) is 4.34. The number of carboxylic acid groups (broad SMARTS) is 1. The van der Waals surface area contributed by atoms with Crippen LogP contribution in [0.2, 0.25) is 0 Å². The summed E-state index contributed by atoms with van der Waals surface area (Å²) in [4.78, 5) is 48.0. The molecule has 2 rings (SSSR count). The van der Waals surface area contributed by atoms with Crippen LogP contribution in [-0.4, -0.2) is 46.4 Å². The number of aliphatic carboxylic acids is 1. The highest BCUT2D eigenvalue weighted by atomic mass is 16.4. The first-order valence-corrected chi connectivity index (χ1v) is 8.04. The predicted molar refractivity (Wildman–Crippen MR) is 88.7 cm³/mol. The van der Waals surface area contributed by atoms with Crippen molar-refractivity contribution in [3.8, 4) is 0 Å². The lowest BCUT2D eigenvalue weighted by molar-refractivity contribution is -0.140. The molecule has 0 unspecified atom stereocenters. The van der Waals surface area contributed by atoms with E-state index in [2.05, 4.69) is 10.6 Å². The summed E-state index contributed by atoms with van der Waals surface area (Å²) < 4.78 is 0. The van der Waals surface area contributed by atoms with Crippen molar-refractivity contribution in [1.29, 1.82) is 0 Å². The van der Waals surface area contributed by atoms with Gasteiger partial charge in [-0.2, -0.15) is 0 Å². The van der Waals surface area contributed by atoms with Crippen molar-refractivity contribution in [3.63, 3.8) is 0 Å². The van der Waals surface area contributed by atoms with Crippen molar-refractivity contribution in [2.45, 2.75) is 32.9 Å². The Bertz CT molecular complexity index is 687. The molecule has 2 atom stereocenters. The Balaban J connectivity index is 2.12. The lowest BCUT2D eigenvalue weighted by atomic mass is 9.98. The number of rotatable bonds is 7. The second kappa shape index (κ2) is 7.78. The molecule has 1 aromatic carbocycles. The number of nitrogens with one attached hydrogen (secondary N) is 2. The highest BCUT2D eigenvalue weighted by Gasteiger charge is 2.29. The number of hydrogen-bond acceptors (Lipinski definition) is 4. The third-order valence-corrected chi connectivity index (χ3v) is 4.23. The zero-order chi connectivity index (χ0) is 18.6. The summed E-state index contributed by atoms with van der Waals surface area (Å²) in [5.41, 5.74) is 0.882. The number of carbonyl (C=O) groups is 4. The van der Waals surface area contributed by atoms with E-state index < -0.39 is 23.9 Å². The largest absolute Gasteiger partial charge is 0.480 e. The smallest absolute Gasteiger partial charge is 0.326 e. The van der Waals surface area contributed by atoms with Gasteiger partial charge in [-0.25, -0.2) is 9.59 Å². The van der Waals surface area contributed by atoms with E-state index >= 15 is 0 Å². The van der Waals surface area contributed by atoms with Gasteiger partial charge >= 0.3 is 12.0 Å². The van der Waals surface area contributed by atoms with Crippen molar-refractivity contribution in [3.05, 3.63) is 35.4 Å². The fourth-order valence-corrected chi connectivity index (χ4v) is 2.52. The van der Waals surface area contributed by atoms with Crippen LogP contribution in [0.25, 0.3) is 0 Å². The van der Waals surface area contributed by atoms with E-state index in [4.69, 9.17) is 0 Å². The number of amides is 4. The topological polar surface area (TPSA) is 116 Å². The fourth-order valence-electron chi connectivity index (χ4n) is 2.52. The minimum atomic E-state index is -1.09. The predicted octanol–water partition coefficient (Wildman–Crippen LogP) is 0.967. The van der Waals surface area contributed by atoms with E-state index in [0.717, 1.165) is 4.90 Å². The molecule has 8 nitrogen and oxygen atoms in total. The van der Waals surface area contributed by atoms with Crippen LogP contribution in [0.15, 0.2) is 24.3 Å². The van der Waals surface area contributed by atoms with Crippen molar-refractivity contribution in [1.82, 2.24) is 15.5 Å². The van der Waals surface area contributed by atoms with Gasteiger partial charge in [0.1, 0.15) is 6.04 Å². The summed E-state index contributed by atoms with van der Waals surface area (Å²) in [6, 6.07) is 4.97. The number of nitrogens with zero attached hydrogens (tertiary/aromatic N) is 1. The first-order valence-electron chi connectivity index (χ1n) is 8.04. The molecule has 1 aliphatic rings. The van der Waals surface area contributed by atoms with Gasteiger partial charge in [-0.15, -0.1) is 0 Å². The molecular weight excluding hydrogens is 326 g/mol. The van der Waals surface area contributed by atoms with Crippen LogP contribution in [0.5, 0.6) is 0 Å². The van der Waals surface area contributed by atoms with Gasteiger partial charge in [-0.1, -0.05) is 32.4 Å². The Kier molecular flexibility index (Phi) is 5.74. The molecule has 1 aromatic rings. The maximum absolute atomic E-state index is 12.4. The Hall–Kier alpha value is -2.90. The molecule has 0 aromatic heterocycles. The van der Waals surface area contributed by atoms with E-state index in [1.54, 1.807) is 31.2 Å². The summed E-state index contributed by atoms with van der Waals surface area (Å²) >= 11 is 0. The van der Waals surface area contributed by atoms with Crippen molar-refractivity contribution < 1.29 is 24.3 Å². The lowest BCUT2D eigenvalue weighted by Crippen LogP contribution is -2.45. The molecule has 1 aliphatic heterocycles. The zero-order valence-corrected chi connectivity index (χ0v) is 14.1. The van der Waals surface area contributed by atoms with Gasteiger partial charge < -0.3 is 15.7 Å². The van der Waals surface area contributed by atoms with Crippen LogP contribution < -0.4 is 10.6 Å². The molecule has 1 fully saturated rings. The van der Waals surface area contributed by atoms with E-state index in [-0.39, 0.29) is 30.5 Å². The molecule has 25 heavy (non-hydrogen) atoms. The Labute approximate surface area is 145 Å². The number of carboxylic acids is 1. The maximum atomic E-state index is 12.4. The van der Waals surface area contributed by atoms with Gasteiger partial charge in [-0.3, -0.25) is 14.5 Å². The zero-order valence-electron chi connectivity index (χ0n) is 14.1. The molecule has 0 spiro atoms. The van der Waals surface area contributed by atoms with Gasteiger partial charge in [0, 0.05) is 5.56 Å². The van der Waals surface area contributed by atoms with Crippen LogP contribution in [0.4, 0.5) is 4.79 Å². The van der Waals surface area contributed by atoms with E-state index in [0.29, 0.717) is 12.0 Å². The van der Waals surface area contributed by atoms with Crippen LogP contribution in [0.1, 0.15) is 36.2 Å². The van der Waals surface area contributed by atoms with E-state index in [1.807, 2.05) is 6.92 Å². The number of urea groups is 1. The van der Waals surface area contributed by atoms with Crippen LogP contribution >= 0.6 is 0 Å². The number of hydrogen-bond donors (Lipinski definition) is 3. The molecule has 0 radical (unpaired) electrons. The summed E-state index contributed by atoms with van der Waals surface area (Å²) in [5.74, 6) is -2.14.